The number of hydrogen-bond donors (Lipinski definition) is 0. The Morgan fingerprint density at radius 3 is 2.75 bits per heavy atom. The Hall–Kier alpha value is -0.980. The van der Waals surface area contributed by atoms with Gasteiger partial charge in [0.05, 0.1) is 12.7 Å². The van der Waals surface area contributed by atoms with Gasteiger partial charge in [-0.1, -0.05) is 6.07 Å². The minimum atomic E-state index is -3.77. The second-order valence-corrected chi connectivity index (χ2v) is 7.45. The third-order valence-electron chi connectivity index (χ3n) is 3.91. The molecule has 2 fully saturated rings. The zero-order chi connectivity index (χ0) is 14.3. The number of nitrogens with zero attached hydrogens (tertiary/aromatic N) is 1. The van der Waals surface area contributed by atoms with Crippen molar-refractivity contribution in [1.29, 1.82) is 0 Å². The SMILES string of the molecule is Cc1ccc(S(=O)(=O)N2CCOC(C3CC3)C2)c(F)c1. The van der Waals surface area contributed by atoms with Crippen molar-refractivity contribution in [2.24, 2.45) is 5.92 Å². The van der Waals surface area contributed by atoms with Gasteiger partial charge in [-0.15, -0.1) is 0 Å². The van der Waals surface area contributed by atoms with Crippen LogP contribution in [-0.4, -0.2) is 38.5 Å². The molecule has 1 aliphatic carbocycles. The number of aryl methyl sites for hydroxylation is 1. The zero-order valence-corrected chi connectivity index (χ0v) is 12.2. The number of ether oxygens (including phenoxy) is 1. The van der Waals surface area contributed by atoms with E-state index in [9.17, 15) is 12.8 Å². The van der Waals surface area contributed by atoms with Crippen LogP contribution in [0.3, 0.4) is 0 Å². The fraction of sp³-hybridized carbons (Fsp3) is 0.571. The highest BCUT2D eigenvalue weighted by molar-refractivity contribution is 7.89. The lowest BCUT2D eigenvalue weighted by molar-refractivity contribution is -0.0135. The van der Waals surface area contributed by atoms with E-state index in [4.69, 9.17) is 4.74 Å². The van der Waals surface area contributed by atoms with Crippen LogP contribution in [0, 0.1) is 18.7 Å². The van der Waals surface area contributed by atoms with Gasteiger partial charge in [-0.3, -0.25) is 0 Å². The highest BCUT2D eigenvalue weighted by Crippen LogP contribution is 2.36. The Morgan fingerprint density at radius 2 is 2.10 bits per heavy atom. The monoisotopic (exact) mass is 299 g/mol. The predicted octanol–water partition coefficient (Wildman–Crippen LogP) is 1.93. The van der Waals surface area contributed by atoms with Gasteiger partial charge >= 0.3 is 0 Å². The lowest BCUT2D eigenvalue weighted by Crippen LogP contribution is -2.46. The Bertz CT molecular complexity index is 613. The molecule has 20 heavy (non-hydrogen) atoms. The van der Waals surface area contributed by atoms with E-state index in [1.165, 1.54) is 16.4 Å². The van der Waals surface area contributed by atoms with Gasteiger partial charge in [0.2, 0.25) is 10.0 Å². The van der Waals surface area contributed by atoms with Gasteiger partial charge in [0.1, 0.15) is 10.7 Å². The first-order chi connectivity index (χ1) is 9.48. The quantitative estimate of drug-likeness (QED) is 0.857. The van der Waals surface area contributed by atoms with Crippen molar-refractivity contribution < 1.29 is 17.5 Å². The number of benzene rings is 1. The number of sulfonamides is 1. The molecule has 0 aromatic heterocycles. The molecule has 0 N–H and O–H groups in total. The fourth-order valence-corrected chi connectivity index (χ4v) is 4.06. The van der Waals surface area contributed by atoms with Crippen LogP contribution in [0.25, 0.3) is 0 Å². The number of morpholine rings is 1. The maximum Gasteiger partial charge on any atom is 0.246 e. The molecule has 110 valence electrons. The summed E-state index contributed by atoms with van der Waals surface area (Å²) in [4.78, 5) is -0.237. The van der Waals surface area contributed by atoms with Crippen molar-refractivity contribution in [1.82, 2.24) is 4.31 Å². The van der Waals surface area contributed by atoms with Gasteiger partial charge in [0.25, 0.3) is 0 Å². The van der Waals surface area contributed by atoms with E-state index in [1.54, 1.807) is 13.0 Å². The van der Waals surface area contributed by atoms with E-state index in [-0.39, 0.29) is 11.0 Å². The third kappa shape index (κ3) is 2.60. The van der Waals surface area contributed by atoms with Gasteiger partial charge in [-0.25, -0.2) is 12.8 Å². The van der Waals surface area contributed by atoms with Crippen molar-refractivity contribution in [3.8, 4) is 0 Å². The van der Waals surface area contributed by atoms with Crippen molar-refractivity contribution in [2.45, 2.75) is 30.8 Å². The summed E-state index contributed by atoms with van der Waals surface area (Å²) >= 11 is 0. The standard InChI is InChI=1S/C14H18FNO3S/c1-10-2-5-14(12(15)8-10)20(17,18)16-6-7-19-13(9-16)11-3-4-11/h2,5,8,11,13H,3-4,6-7,9H2,1H3. The van der Waals surface area contributed by atoms with Crippen LogP contribution < -0.4 is 0 Å². The van der Waals surface area contributed by atoms with Gasteiger partial charge in [-0.2, -0.15) is 4.31 Å². The topological polar surface area (TPSA) is 46.6 Å². The molecule has 6 heteroatoms. The Labute approximate surface area is 118 Å². The predicted molar refractivity (Wildman–Crippen MR) is 72.4 cm³/mol. The lowest BCUT2D eigenvalue weighted by Gasteiger charge is -2.32. The van der Waals surface area contributed by atoms with Crippen LogP contribution in [0.15, 0.2) is 23.1 Å². The molecule has 0 radical (unpaired) electrons. The molecule has 1 aliphatic heterocycles. The maximum atomic E-state index is 13.9. The molecule has 1 saturated heterocycles. The molecule has 1 heterocycles. The van der Waals surface area contributed by atoms with Crippen molar-refractivity contribution in [3.05, 3.63) is 29.6 Å². The van der Waals surface area contributed by atoms with Crippen LogP contribution in [0.4, 0.5) is 4.39 Å². The molecule has 0 bridgehead atoms. The molecule has 1 aromatic carbocycles. The molecule has 4 nitrogen and oxygen atoms in total. The average Bonchev–Trinajstić information content (AvgIpc) is 3.22. The zero-order valence-electron chi connectivity index (χ0n) is 11.4. The first-order valence-electron chi connectivity index (χ1n) is 6.86. The second kappa shape index (κ2) is 5.09. The number of halogens is 1. The molecule has 1 saturated carbocycles. The minimum Gasteiger partial charge on any atom is -0.375 e. The molecule has 3 rings (SSSR count). The molecule has 0 amide bonds. The van der Waals surface area contributed by atoms with Crippen molar-refractivity contribution >= 4 is 10.0 Å². The lowest BCUT2D eigenvalue weighted by atomic mass is 10.2. The summed E-state index contributed by atoms with van der Waals surface area (Å²) in [5, 5.41) is 0. The average molecular weight is 299 g/mol. The molecular weight excluding hydrogens is 281 g/mol. The molecule has 2 aliphatic rings. The molecule has 0 spiro atoms. The van der Waals surface area contributed by atoms with E-state index in [1.807, 2.05) is 0 Å². The van der Waals surface area contributed by atoms with E-state index >= 15 is 0 Å². The molecule has 1 unspecified atom stereocenters. The molecule has 1 aromatic rings. The second-order valence-electron chi connectivity index (χ2n) is 5.54. The van der Waals surface area contributed by atoms with Gasteiger partial charge in [-0.05, 0) is 43.4 Å². The Morgan fingerprint density at radius 1 is 1.35 bits per heavy atom. The van der Waals surface area contributed by atoms with Gasteiger partial charge < -0.3 is 4.74 Å². The van der Waals surface area contributed by atoms with Crippen LogP contribution in [-0.2, 0) is 14.8 Å². The van der Waals surface area contributed by atoms with Crippen LogP contribution in [0.2, 0.25) is 0 Å². The fourth-order valence-electron chi connectivity index (χ4n) is 2.58. The summed E-state index contributed by atoms with van der Waals surface area (Å²) in [7, 11) is -3.77. The normalized spacial score (nSPS) is 24.8. The first kappa shape index (κ1) is 14.0. The highest BCUT2D eigenvalue weighted by Gasteiger charge is 2.39. The van der Waals surface area contributed by atoms with E-state index < -0.39 is 15.8 Å². The molecule has 1 atom stereocenters. The minimum absolute atomic E-state index is 0.0352. The first-order valence-corrected chi connectivity index (χ1v) is 8.30. The van der Waals surface area contributed by atoms with Crippen molar-refractivity contribution in [3.63, 3.8) is 0 Å². The summed E-state index contributed by atoms with van der Waals surface area (Å²) in [6.07, 6.45) is 2.15. The third-order valence-corrected chi connectivity index (χ3v) is 5.81. The summed E-state index contributed by atoms with van der Waals surface area (Å²) in [5.41, 5.74) is 0.708. The summed E-state index contributed by atoms with van der Waals surface area (Å²) in [6, 6.07) is 4.22. The van der Waals surface area contributed by atoms with Crippen LogP contribution in [0.1, 0.15) is 18.4 Å². The number of rotatable bonds is 3. The summed E-state index contributed by atoms with van der Waals surface area (Å²) in [5.74, 6) is -0.213. The molecular formula is C14H18FNO3S. The van der Waals surface area contributed by atoms with Gasteiger partial charge in [0.15, 0.2) is 0 Å². The van der Waals surface area contributed by atoms with E-state index in [0.29, 0.717) is 31.2 Å². The Kier molecular flexibility index (Phi) is 3.56. The van der Waals surface area contributed by atoms with Crippen molar-refractivity contribution in [2.75, 3.05) is 19.7 Å². The van der Waals surface area contributed by atoms with Crippen LogP contribution >= 0.6 is 0 Å². The van der Waals surface area contributed by atoms with Gasteiger partial charge in [0, 0.05) is 13.1 Å². The summed E-state index contributed by atoms with van der Waals surface area (Å²) < 4.78 is 46.0. The van der Waals surface area contributed by atoms with Crippen LogP contribution in [0.5, 0.6) is 0 Å². The summed E-state index contributed by atoms with van der Waals surface area (Å²) in [6.45, 7) is 2.74. The highest BCUT2D eigenvalue weighted by atomic mass is 32.2. The van der Waals surface area contributed by atoms with E-state index in [2.05, 4.69) is 0 Å². The largest absolute Gasteiger partial charge is 0.375 e. The van der Waals surface area contributed by atoms with E-state index in [0.717, 1.165) is 12.8 Å². The Balaban J connectivity index is 1.86. The maximum absolute atomic E-state index is 13.9. The number of hydrogen-bond acceptors (Lipinski definition) is 3. The smallest absolute Gasteiger partial charge is 0.246 e.